The number of hydrogen-bond acceptors (Lipinski definition) is 3. The van der Waals surface area contributed by atoms with Crippen LogP contribution < -0.4 is 31.1 Å². The van der Waals surface area contributed by atoms with E-state index in [0.29, 0.717) is 0 Å². The molecule has 11 rings (SSSR count). The first-order valence-electron chi connectivity index (χ1n) is 25.8. The Morgan fingerprint density at radius 3 is 1.72 bits per heavy atom. The number of aryl methyl sites for hydroxylation is 3. The van der Waals surface area contributed by atoms with Gasteiger partial charge in [-0.3, -0.25) is 0 Å². The largest absolute Gasteiger partial charge is 0.334 e. The average molecular weight is 906 g/mol. The molecule has 4 heteroatoms. The van der Waals surface area contributed by atoms with Crippen LogP contribution in [-0.4, -0.2) is 12.3 Å². The molecule has 2 atom stereocenters. The van der Waals surface area contributed by atoms with Crippen molar-refractivity contribution in [3.8, 4) is 11.1 Å². The van der Waals surface area contributed by atoms with Gasteiger partial charge in [-0.15, -0.1) is 0 Å². The van der Waals surface area contributed by atoms with E-state index in [1.807, 2.05) is 0 Å². The number of anilines is 8. The van der Waals surface area contributed by atoms with Crippen LogP contribution >= 0.6 is 0 Å². The molecule has 7 aromatic rings. The quantitative estimate of drug-likeness (QED) is 0.163. The second kappa shape index (κ2) is 15.5. The summed E-state index contributed by atoms with van der Waals surface area (Å²) < 4.78 is 0. The van der Waals surface area contributed by atoms with Gasteiger partial charge in [-0.1, -0.05) is 155 Å². The number of nitrogens with zero attached hydrogens (tertiary/aromatic N) is 3. The van der Waals surface area contributed by atoms with E-state index < -0.39 is 0 Å². The van der Waals surface area contributed by atoms with E-state index in [4.69, 9.17) is 0 Å². The van der Waals surface area contributed by atoms with Crippen LogP contribution in [0.15, 0.2) is 133 Å². The van der Waals surface area contributed by atoms with Crippen molar-refractivity contribution in [3.63, 3.8) is 0 Å². The van der Waals surface area contributed by atoms with Gasteiger partial charge in [0.2, 0.25) is 0 Å². The first-order valence-corrected chi connectivity index (χ1v) is 25.8. The Bertz CT molecular complexity index is 3210. The maximum absolute atomic E-state index is 2.78. The first kappa shape index (κ1) is 45.4. The van der Waals surface area contributed by atoms with Crippen LogP contribution in [0.5, 0.6) is 0 Å². The molecule has 7 aromatic carbocycles. The van der Waals surface area contributed by atoms with Crippen molar-refractivity contribution in [3.05, 3.63) is 172 Å². The molecular weight excluding hydrogens is 834 g/mol. The van der Waals surface area contributed by atoms with E-state index >= 15 is 0 Å². The molecular formula is C65H72BN3. The number of rotatable bonds is 4. The van der Waals surface area contributed by atoms with Crippen molar-refractivity contribution in [2.45, 2.75) is 150 Å². The van der Waals surface area contributed by atoms with Crippen LogP contribution in [0, 0.1) is 20.8 Å². The van der Waals surface area contributed by atoms with Gasteiger partial charge in [-0.05, 0) is 184 Å². The minimum Gasteiger partial charge on any atom is -0.334 e. The van der Waals surface area contributed by atoms with Crippen LogP contribution in [0.25, 0.3) is 11.1 Å². The zero-order chi connectivity index (χ0) is 48.7. The fourth-order valence-corrected chi connectivity index (χ4v) is 13.0. The Labute approximate surface area is 414 Å². The third-order valence-electron chi connectivity index (χ3n) is 17.2. The van der Waals surface area contributed by atoms with Crippen molar-refractivity contribution >= 4 is 68.6 Å². The van der Waals surface area contributed by atoms with Gasteiger partial charge in [0.05, 0.1) is 5.54 Å². The lowest BCUT2D eigenvalue weighted by molar-refractivity contribution is 0.195. The molecule has 350 valence electrons. The molecule has 0 radical (unpaired) electrons. The maximum Gasteiger partial charge on any atom is 0.252 e. The van der Waals surface area contributed by atoms with Crippen LogP contribution in [0.3, 0.4) is 0 Å². The van der Waals surface area contributed by atoms with E-state index in [9.17, 15) is 0 Å². The Morgan fingerprint density at radius 1 is 0.464 bits per heavy atom. The fourth-order valence-electron chi connectivity index (χ4n) is 13.0. The number of hydrogen-bond donors (Lipinski definition) is 0. The molecule has 1 aliphatic carbocycles. The predicted octanol–water partition coefficient (Wildman–Crippen LogP) is 16.0. The average Bonchev–Trinajstić information content (AvgIpc) is 3.50. The molecule has 1 fully saturated rings. The van der Waals surface area contributed by atoms with Gasteiger partial charge < -0.3 is 14.7 Å². The molecule has 0 amide bonds. The minimum atomic E-state index is -0.0956. The summed E-state index contributed by atoms with van der Waals surface area (Å²) in [6, 6.07) is 52.8. The first-order chi connectivity index (χ1) is 32.6. The number of benzene rings is 7. The molecule has 2 unspecified atom stereocenters. The minimum absolute atomic E-state index is 0.00535. The molecule has 3 nitrogen and oxygen atoms in total. The highest BCUT2D eigenvalue weighted by molar-refractivity contribution is 7.00. The lowest BCUT2D eigenvalue weighted by Gasteiger charge is -2.50. The Morgan fingerprint density at radius 2 is 1.06 bits per heavy atom. The Balaban J connectivity index is 1.18. The normalized spacial score (nSPS) is 19.5. The molecule has 1 saturated carbocycles. The van der Waals surface area contributed by atoms with E-state index in [0.717, 1.165) is 6.42 Å². The molecule has 0 N–H and O–H groups in total. The van der Waals surface area contributed by atoms with Gasteiger partial charge in [-0.2, -0.15) is 0 Å². The molecule has 69 heavy (non-hydrogen) atoms. The van der Waals surface area contributed by atoms with Gasteiger partial charge >= 0.3 is 0 Å². The monoisotopic (exact) mass is 906 g/mol. The van der Waals surface area contributed by atoms with E-state index in [-0.39, 0.29) is 33.9 Å². The van der Waals surface area contributed by atoms with E-state index in [1.54, 1.807) is 0 Å². The molecule has 0 aromatic heterocycles. The SMILES string of the molecule is Cc1cc2c3c(c1)N(c1ccc(C(C)(C)C)cc1C)c1ccc(C(C)(C)C)cc1B3c1ccc(N3c4ccc(-c5ccccc5C)cc4C4(C)CCCCC34C)cc1N2c1ccc(C(C)(C)C)cc1. The molecule has 4 aliphatic rings. The van der Waals surface area contributed by atoms with Gasteiger partial charge in [0.15, 0.2) is 0 Å². The van der Waals surface area contributed by atoms with Gasteiger partial charge in [0, 0.05) is 50.9 Å². The molecule has 3 heterocycles. The summed E-state index contributed by atoms with van der Waals surface area (Å²) in [6.07, 6.45) is 4.82. The Kier molecular flexibility index (Phi) is 10.2. The van der Waals surface area contributed by atoms with Crippen LogP contribution in [-0.2, 0) is 21.7 Å². The standard InChI is InChI=1S/C65H72BN3/c1-41-35-58-60-59(36-41)68(54-31-24-46(37-43(54)3)62(7,8)9)56-32-25-47(63(10,11)12)39-53(56)66(60)52-29-28-49(40-57(52)67(58)48-26-22-45(23-27-48)61(4,5)6)69-55-30-21-44(50-20-16-15-19-42(50)2)38-51(55)64(13)33-17-18-34-65(64,69)14/h15-16,19-32,35-40H,17-18,33-34H2,1-14H3. The molecule has 0 bridgehead atoms. The van der Waals surface area contributed by atoms with Gasteiger partial charge in [-0.25, -0.2) is 0 Å². The van der Waals surface area contributed by atoms with E-state index in [2.05, 4.69) is 245 Å². The highest BCUT2D eigenvalue weighted by Gasteiger charge is 2.58. The lowest BCUT2D eigenvalue weighted by Crippen LogP contribution is -2.61. The summed E-state index contributed by atoms with van der Waals surface area (Å²) in [5.74, 6) is 0. The topological polar surface area (TPSA) is 9.72 Å². The summed E-state index contributed by atoms with van der Waals surface area (Å²) in [5.41, 5.74) is 26.3. The third-order valence-corrected chi connectivity index (χ3v) is 17.2. The predicted molar refractivity (Wildman–Crippen MR) is 299 cm³/mol. The lowest BCUT2D eigenvalue weighted by atomic mass is 9.33. The van der Waals surface area contributed by atoms with Crippen LogP contribution in [0.2, 0.25) is 0 Å². The maximum atomic E-state index is 2.78. The summed E-state index contributed by atoms with van der Waals surface area (Å²) in [4.78, 5) is 8.00. The molecule has 0 spiro atoms. The third kappa shape index (κ3) is 6.97. The van der Waals surface area contributed by atoms with Crippen LogP contribution in [0.1, 0.15) is 141 Å². The zero-order valence-corrected chi connectivity index (χ0v) is 43.9. The molecule has 3 aliphatic heterocycles. The van der Waals surface area contributed by atoms with Gasteiger partial charge in [0.1, 0.15) is 0 Å². The summed E-state index contributed by atoms with van der Waals surface area (Å²) in [7, 11) is 0. The summed E-state index contributed by atoms with van der Waals surface area (Å²) >= 11 is 0. The molecule has 0 saturated heterocycles. The van der Waals surface area contributed by atoms with Crippen molar-refractivity contribution in [2.75, 3.05) is 14.7 Å². The van der Waals surface area contributed by atoms with Crippen molar-refractivity contribution in [1.82, 2.24) is 0 Å². The highest BCUT2D eigenvalue weighted by Crippen LogP contribution is 2.62. The van der Waals surface area contributed by atoms with Crippen LogP contribution in [0.4, 0.5) is 45.5 Å². The van der Waals surface area contributed by atoms with Crippen molar-refractivity contribution in [1.29, 1.82) is 0 Å². The summed E-state index contributed by atoms with van der Waals surface area (Å²) in [6.45, 7) is 33.0. The highest BCUT2D eigenvalue weighted by atomic mass is 15.3. The van der Waals surface area contributed by atoms with E-state index in [1.165, 1.54) is 131 Å². The van der Waals surface area contributed by atoms with Crippen molar-refractivity contribution in [2.24, 2.45) is 0 Å². The fraction of sp³-hybridized carbons (Fsp3) is 0.354. The second-order valence-corrected chi connectivity index (χ2v) is 24.8. The summed E-state index contributed by atoms with van der Waals surface area (Å²) in [5, 5.41) is 0. The smallest absolute Gasteiger partial charge is 0.252 e. The number of fused-ring (bicyclic) bond motifs is 7. The van der Waals surface area contributed by atoms with Crippen molar-refractivity contribution < 1.29 is 0 Å². The second-order valence-electron chi connectivity index (χ2n) is 24.8. The van der Waals surface area contributed by atoms with Gasteiger partial charge in [0.25, 0.3) is 6.71 Å². The zero-order valence-electron chi connectivity index (χ0n) is 43.9. The Hall–Kier alpha value is -6.00.